The summed E-state index contributed by atoms with van der Waals surface area (Å²) in [7, 11) is 1.40. The summed E-state index contributed by atoms with van der Waals surface area (Å²) >= 11 is 1.60. The molecule has 0 amide bonds. The fraction of sp³-hybridized carbons (Fsp3) is 0.385. The van der Waals surface area contributed by atoms with Gasteiger partial charge in [-0.1, -0.05) is 17.4 Å². The molecule has 2 rings (SSSR count). The van der Waals surface area contributed by atoms with E-state index < -0.39 is 0 Å². The maximum Gasteiger partial charge on any atom is 0.309 e. The van der Waals surface area contributed by atoms with Gasteiger partial charge in [-0.25, -0.2) is 4.98 Å². The molecule has 0 aliphatic rings. The third kappa shape index (κ3) is 2.98. The van der Waals surface area contributed by atoms with Gasteiger partial charge in [0.05, 0.1) is 23.7 Å². The Bertz CT molecular complexity index is 563. The van der Waals surface area contributed by atoms with Gasteiger partial charge in [0.25, 0.3) is 0 Å². The topological polar surface area (TPSA) is 51.2 Å². The van der Waals surface area contributed by atoms with Gasteiger partial charge in [-0.3, -0.25) is 4.79 Å². The van der Waals surface area contributed by atoms with E-state index in [2.05, 4.69) is 28.9 Å². The van der Waals surface area contributed by atoms with Gasteiger partial charge in [0.1, 0.15) is 0 Å². The first-order valence-electron chi connectivity index (χ1n) is 5.81. The Labute approximate surface area is 110 Å². The normalized spacial score (nSPS) is 10.9. The summed E-state index contributed by atoms with van der Waals surface area (Å²) in [5.74, 6) is -0.223. The molecule has 1 heterocycles. The number of nitrogens with one attached hydrogen (secondary N) is 1. The second kappa shape index (κ2) is 5.35. The molecule has 0 aliphatic carbocycles. The van der Waals surface area contributed by atoms with Gasteiger partial charge in [0.2, 0.25) is 0 Å². The van der Waals surface area contributed by atoms with Crippen LogP contribution in [0.15, 0.2) is 18.2 Å². The monoisotopic (exact) mass is 264 g/mol. The number of hydrogen-bond acceptors (Lipinski definition) is 5. The van der Waals surface area contributed by atoms with Crippen LogP contribution in [0.2, 0.25) is 0 Å². The first-order chi connectivity index (χ1) is 8.58. The van der Waals surface area contributed by atoms with Crippen molar-refractivity contribution in [3.05, 3.63) is 23.8 Å². The van der Waals surface area contributed by atoms with E-state index in [0.717, 1.165) is 20.9 Å². The van der Waals surface area contributed by atoms with E-state index in [-0.39, 0.29) is 5.97 Å². The molecular weight excluding hydrogens is 248 g/mol. The number of carbonyl (C=O) groups is 1. The Hall–Kier alpha value is -1.62. The molecule has 1 aromatic carbocycles. The molecule has 2 aromatic rings. The highest BCUT2D eigenvalue weighted by molar-refractivity contribution is 7.22. The zero-order chi connectivity index (χ0) is 13.1. The Kier molecular flexibility index (Phi) is 3.81. The van der Waals surface area contributed by atoms with Crippen LogP contribution in [0.25, 0.3) is 10.2 Å². The Balaban J connectivity index is 2.25. The highest BCUT2D eigenvalue weighted by Gasteiger charge is 2.08. The van der Waals surface area contributed by atoms with Gasteiger partial charge >= 0.3 is 5.97 Å². The molecule has 1 aromatic heterocycles. The van der Waals surface area contributed by atoms with Crippen molar-refractivity contribution in [3.8, 4) is 0 Å². The van der Waals surface area contributed by atoms with Crippen molar-refractivity contribution in [1.82, 2.24) is 4.98 Å². The Morgan fingerprint density at radius 1 is 1.50 bits per heavy atom. The summed E-state index contributed by atoms with van der Waals surface area (Å²) < 4.78 is 5.74. The third-order valence-electron chi connectivity index (χ3n) is 2.44. The van der Waals surface area contributed by atoms with Crippen molar-refractivity contribution in [1.29, 1.82) is 0 Å². The standard InChI is InChI=1S/C13H16N2O2S/c1-8(2)14-13-15-10-5-4-9(6-11(10)18-13)7-12(16)17-3/h4-6,8H,7H2,1-3H3,(H,14,15). The number of aromatic nitrogens is 1. The third-order valence-corrected chi connectivity index (χ3v) is 3.39. The molecule has 0 saturated carbocycles. The number of benzene rings is 1. The second-order valence-electron chi connectivity index (χ2n) is 4.37. The van der Waals surface area contributed by atoms with E-state index >= 15 is 0 Å². The van der Waals surface area contributed by atoms with E-state index in [1.165, 1.54) is 7.11 Å². The number of esters is 1. The highest BCUT2D eigenvalue weighted by Crippen LogP contribution is 2.27. The summed E-state index contributed by atoms with van der Waals surface area (Å²) in [4.78, 5) is 15.7. The van der Waals surface area contributed by atoms with Crippen LogP contribution in [0, 0.1) is 0 Å². The number of anilines is 1. The van der Waals surface area contributed by atoms with Crippen LogP contribution in [-0.4, -0.2) is 24.1 Å². The minimum atomic E-state index is -0.223. The SMILES string of the molecule is COC(=O)Cc1ccc2nc(NC(C)C)sc2c1. The van der Waals surface area contributed by atoms with Gasteiger partial charge < -0.3 is 10.1 Å². The van der Waals surface area contributed by atoms with Crippen LogP contribution in [0.3, 0.4) is 0 Å². The minimum Gasteiger partial charge on any atom is -0.469 e. The Morgan fingerprint density at radius 2 is 2.28 bits per heavy atom. The Morgan fingerprint density at radius 3 is 2.94 bits per heavy atom. The fourth-order valence-corrected chi connectivity index (χ4v) is 2.70. The number of rotatable bonds is 4. The molecule has 1 N–H and O–H groups in total. The summed E-state index contributed by atoms with van der Waals surface area (Å²) in [5, 5.41) is 4.19. The predicted octanol–water partition coefficient (Wildman–Crippen LogP) is 2.83. The summed E-state index contributed by atoms with van der Waals surface area (Å²) in [5.41, 5.74) is 1.91. The van der Waals surface area contributed by atoms with Crippen molar-refractivity contribution < 1.29 is 9.53 Å². The first-order valence-corrected chi connectivity index (χ1v) is 6.63. The molecule has 0 saturated heterocycles. The van der Waals surface area contributed by atoms with Gasteiger partial charge in [0.15, 0.2) is 5.13 Å². The van der Waals surface area contributed by atoms with Crippen LogP contribution >= 0.6 is 11.3 Å². The van der Waals surface area contributed by atoms with Gasteiger partial charge in [-0.15, -0.1) is 0 Å². The molecular formula is C13H16N2O2S. The van der Waals surface area contributed by atoms with E-state index in [1.54, 1.807) is 11.3 Å². The summed E-state index contributed by atoms with van der Waals surface area (Å²) in [6.45, 7) is 4.16. The molecule has 0 radical (unpaired) electrons. The van der Waals surface area contributed by atoms with E-state index in [1.807, 2.05) is 18.2 Å². The molecule has 18 heavy (non-hydrogen) atoms. The number of methoxy groups -OCH3 is 1. The number of thiazole rings is 1. The lowest BCUT2D eigenvalue weighted by Gasteiger charge is -2.03. The number of carbonyl (C=O) groups excluding carboxylic acids is 1. The average molecular weight is 264 g/mol. The van der Waals surface area contributed by atoms with E-state index in [9.17, 15) is 4.79 Å². The quantitative estimate of drug-likeness (QED) is 0.863. The van der Waals surface area contributed by atoms with Crippen molar-refractivity contribution in [2.75, 3.05) is 12.4 Å². The van der Waals surface area contributed by atoms with Gasteiger partial charge in [-0.05, 0) is 31.5 Å². The molecule has 0 spiro atoms. The number of fused-ring (bicyclic) bond motifs is 1. The fourth-order valence-electron chi connectivity index (χ4n) is 1.63. The van der Waals surface area contributed by atoms with Crippen LogP contribution in [-0.2, 0) is 16.0 Å². The number of hydrogen-bond donors (Lipinski definition) is 1. The minimum absolute atomic E-state index is 0.223. The zero-order valence-corrected chi connectivity index (χ0v) is 11.5. The van der Waals surface area contributed by atoms with Gasteiger partial charge in [-0.2, -0.15) is 0 Å². The first kappa shape index (κ1) is 12.8. The van der Waals surface area contributed by atoms with Crippen LogP contribution < -0.4 is 5.32 Å². The van der Waals surface area contributed by atoms with Crippen molar-refractivity contribution in [2.24, 2.45) is 0 Å². The van der Waals surface area contributed by atoms with Crippen molar-refractivity contribution in [3.63, 3.8) is 0 Å². The predicted molar refractivity (Wildman–Crippen MR) is 74.1 cm³/mol. The smallest absolute Gasteiger partial charge is 0.309 e. The van der Waals surface area contributed by atoms with Crippen LogP contribution in [0.4, 0.5) is 5.13 Å². The largest absolute Gasteiger partial charge is 0.469 e. The number of nitrogens with zero attached hydrogens (tertiary/aromatic N) is 1. The second-order valence-corrected chi connectivity index (χ2v) is 5.40. The average Bonchev–Trinajstić information content (AvgIpc) is 2.69. The molecule has 0 fully saturated rings. The van der Waals surface area contributed by atoms with Gasteiger partial charge in [0, 0.05) is 6.04 Å². The molecule has 4 nitrogen and oxygen atoms in total. The van der Waals surface area contributed by atoms with Crippen molar-refractivity contribution in [2.45, 2.75) is 26.3 Å². The molecule has 0 aliphatic heterocycles. The molecule has 0 unspecified atom stereocenters. The zero-order valence-electron chi connectivity index (χ0n) is 10.7. The molecule has 96 valence electrons. The highest BCUT2D eigenvalue weighted by atomic mass is 32.1. The van der Waals surface area contributed by atoms with Crippen LogP contribution in [0.5, 0.6) is 0 Å². The lowest BCUT2D eigenvalue weighted by atomic mass is 10.1. The molecule has 5 heteroatoms. The van der Waals surface area contributed by atoms with E-state index in [0.29, 0.717) is 12.5 Å². The molecule has 0 bridgehead atoms. The van der Waals surface area contributed by atoms with Crippen LogP contribution in [0.1, 0.15) is 19.4 Å². The van der Waals surface area contributed by atoms with E-state index in [4.69, 9.17) is 0 Å². The maximum absolute atomic E-state index is 11.2. The summed E-state index contributed by atoms with van der Waals surface area (Å²) in [6.07, 6.45) is 0.303. The molecule has 0 atom stereocenters. The lowest BCUT2D eigenvalue weighted by Crippen LogP contribution is -2.08. The van der Waals surface area contributed by atoms with Crippen molar-refractivity contribution >= 4 is 32.7 Å². The number of ether oxygens (including phenoxy) is 1. The maximum atomic E-state index is 11.2. The lowest BCUT2D eigenvalue weighted by molar-refractivity contribution is -0.139. The summed E-state index contributed by atoms with van der Waals surface area (Å²) in [6, 6.07) is 6.21.